The number of amides is 1. The Morgan fingerprint density at radius 2 is 1.58 bits per heavy atom. The van der Waals surface area contributed by atoms with Crippen LogP contribution in [0, 0.1) is 0 Å². The van der Waals surface area contributed by atoms with Crippen molar-refractivity contribution >= 4 is 17.6 Å². The first kappa shape index (κ1) is 19.5. The molecular weight excluding hydrogens is 328 g/mol. The highest BCUT2D eigenvalue weighted by Gasteiger charge is 2.08. The van der Waals surface area contributed by atoms with Crippen LogP contribution in [0.5, 0.6) is 0 Å². The highest BCUT2D eigenvalue weighted by Crippen LogP contribution is 2.15. The fourth-order valence-corrected chi connectivity index (χ4v) is 2.72. The SMILES string of the molecule is CCCN(CC)c1ccc(C(=O)NCc2ccc(C(=O)OC)cc2)cc1. The summed E-state index contributed by atoms with van der Waals surface area (Å²) in [6.45, 7) is 6.63. The molecule has 0 saturated heterocycles. The summed E-state index contributed by atoms with van der Waals surface area (Å²) < 4.78 is 4.67. The van der Waals surface area contributed by atoms with Crippen LogP contribution in [0.1, 0.15) is 46.5 Å². The predicted molar refractivity (Wildman–Crippen MR) is 104 cm³/mol. The standard InChI is InChI=1S/C21H26N2O3/c1-4-14-23(5-2)19-12-10-17(11-13-19)20(24)22-15-16-6-8-18(9-7-16)21(25)26-3/h6-13H,4-5,14-15H2,1-3H3,(H,22,24). The summed E-state index contributed by atoms with van der Waals surface area (Å²) in [7, 11) is 1.35. The van der Waals surface area contributed by atoms with Gasteiger partial charge in [0.25, 0.3) is 5.91 Å². The van der Waals surface area contributed by atoms with E-state index < -0.39 is 0 Å². The summed E-state index contributed by atoms with van der Waals surface area (Å²) in [5, 5.41) is 2.90. The molecule has 2 aromatic carbocycles. The van der Waals surface area contributed by atoms with Crippen LogP contribution < -0.4 is 10.2 Å². The molecule has 1 N–H and O–H groups in total. The second kappa shape index (κ2) is 9.61. The van der Waals surface area contributed by atoms with Gasteiger partial charge >= 0.3 is 5.97 Å². The van der Waals surface area contributed by atoms with Gasteiger partial charge in [0, 0.05) is 30.9 Å². The van der Waals surface area contributed by atoms with Gasteiger partial charge in [-0.15, -0.1) is 0 Å². The topological polar surface area (TPSA) is 58.6 Å². The first-order valence-electron chi connectivity index (χ1n) is 8.89. The van der Waals surface area contributed by atoms with E-state index in [1.54, 1.807) is 24.3 Å². The van der Waals surface area contributed by atoms with Crippen molar-refractivity contribution in [3.63, 3.8) is 0 Å². The Morgan fingerprint density at radius 3 is 2.12 bits per heavy atom. The van der Waals surface area contributed by atoms with Crippen LogP contribution in [0.3, 0.4) is 0 Å². The third kappa shape index (κ3) is 5.09. The molecule has 26 heavy (non-hydrogen) atoms. The van der Waals surface area contributed by atoms with Crippen LogP contribution in [-0.4, -0.2) is 32.1 Å². The van der Waals surface area contributed by atoms with Crippen molar-refractivity contribution in [1.82, 2.24) is 5.32 Å². The first-order valence-corrected chi connectivity index (χ1v) is 8.89. The number of ether oxygens (including phenoxy) is 1. The maximum atomic E-state index is 12.3. The molecule has 5 nitrogen and oxygen atoms in total. The van der Waals surface area contributed by atoms with Crippen molar-refractivity contribution in [1.29, 1.82) is 0 Å². The number of esters is 1. The number of hydrogen-bond donors (Lipinski definition) is 1. The lowest BCUT2D eigenvalue weighted by atomic mass is 10.1. The molecule has 0 aliphatic carbocycles. The Kier molecular flexibility index (Phi) is 7.21. The average molecular weight is 354 g/mol. The minimum Gasteiger partial charge on any atom is -0.465 e. The van der Waals surface area contributed by atoms with E-state index in [1.807, 2.05) is 24.3 Å². The number of nitrogens with one attached hydrogen (secondary N) is 1. The van der Waals surface area contributed by atoms with Gasteiger partial charge in [-0.1, -0.05) is 19.1 Å². The van der Waals surface area contributed by atoms with Crippen LogP contribution in [-0.2, 0) is 11.3 Å². The summed E-state index contributed by atoms with van der Waals surface area (Å²) in [6, 6.07) is 14.7. The van der Waals surface area contributed by atoms with Gasteiger partial charge in [0.05, 0.1) is 12.7 Å². The lowest BCUT2D eigenvalue weighted by molar-refractivity contribution is 0.0600. The molecule has 0 aliphatic rings. The van der Waals surface area contributed by atoms with Crippen LogP contribution in [0.25, 0.3) is 0 Å². The molecular formula is C21H26N2O3. The number of carbonyl (C=O) groups excluding carboxylic acids is 2. The highest BCUT2D eigenvalue weighted by molar-refractivity contribution is 5.94. The quantitative estimate of drug-likeness (QED) is 0.735. The number of rotatable bonds is 8. The van der Waals surface area contributed by atoms with E-state index in [0.29, 0.717) is 17.7 Å². The molecule has 0 saturated carbocycles. The third-order valence-corrected chi connectivity index (χ3v) is 4.20. The zero-order valence-corrected chi connectivity index (χ0v) is 15.6. The lowest BCUT2D eigenvalue weighted by Crippen LogP contribution is -2.24. The van der Waals surface area contributed by atoms with Crippen molar-refractivity contribution in [2.75, 3.05) is 25.1 Å². The van der Waals surface area contributed by atoms with Gasteiger partial charge in [-0.25, -0.2) is 4.79 Å². The minimum absolute atomic E-state index is 0.118. The number of nitrogens with zero attached hydrogens (tertiary/aromatic N) is 1. The Bertz CT molecular complexity index is 724. The van der Waals surface area contributed by atoms with Gasteiger partial charge in [0.1, 0.15) is 0 Å². The molecule has 0 unspecified atom stereocenters. The number of methoxy groups -OCH3 is 1. The molecule has 2 aromatic rings. The predicted octanol–water partition coefficient (Wildman–Crippen LogP) is 3.64. The lowest BCUT2D eigenvalue weighted by Gasteiger charge is -2.22. The fraction of sp³-hybridized carbons (Fsp3) is 0.333. The van der Waals surface area contributed by atoms with Crippen molar-refractivity contribution in [3.8, 4) is 0 Å². The number of hydrogen-bond acceptors (Lipinski definition) is 4. The van der Waals surface area contributed by atoms with Crippen LogP contribution in [0.4, 0.5) is 5.69 Å². The van der Waals surface area contributed by atoms with Gasteiger partial charge in [0.15, 0.2) is 0 Å². The summed E-state index contributed by atoms with van der Waals surface area (Å²) in [5.74, 6) is -0.489. The van der Waals surface area contributed by atoms with Gasteiger partial charge in [0.2, 0.25) is 0 Å². The molecule has 138 valence electrons. The molecule has 0 aliphatic heterocycles. The average Bonchev–Trinajstić information content (AvgIpc) is 2.70. The monoisotopic (exact) mass is 354 g/mol. The molecule has 0 aromatic heterocycles. The second-order valence-corrected chi connectivity index (χ2v) is 6.00. The Balaban J connectivity index is 1.94. The number of carbonyl (C=O) groups is 2. The van der Waals surface area contributed by atoms with Crippen LogP contribution in [0.2, 0.25) is 0 Å². The van der Waals surface area contributed by atoms with Crippen molar-refractivity contribution in [2.45, 2.75) is 26.8 Å². The molecule has 0 fully saturated rings. The normalized spacial score (nSPS) is 10.3. The zero-order chi connectivity index (χ0) is 18.9. The summed E-state index contributed by atoms with van der Waals surface area (Å²) >= 11 is 0. The van der Waals surface area contributed by atoms with Gasteiger partial charge < -0.3 is 15.0 Å². The molecule has 0 atom stereocenters. The van der Waals surface area contributed by atoms with Gasteiger partial charge in [-0.2, -0.15) is 0 Å². The first-order chi connectivity index (χ1) is 12.6. The number of anilines is 1. The van der Waals surface area contributed by atoms with E-state index in [-0.39, 0.29) is 11.9 Å². The molecule has 2 rings (SSSR count). The van der Waals surface area contributed by atoms with Gasteiger partial charge in [-0.05, 0) is 55.3 Å². The van der Waals surface area contributed by atoms with Crippen molar-refractivity contribution < 1.29 is 14.3 Å². The highest BCUT2D eigenvalue weighted by atomic mass is 16.5. The van der Waals surface area contributed by atoms with Crippen LogP contribution in [0.15, 0.2) is 48.5 Å². The van der Waals surface area contributed by atoms with Gasteiger partial charge in [-0.3, -0.25) is 4.79 Å². The van der Waals surface area contributed by atoms with E-state index in [4.69, 9.17) is 0 Å². The van der Waals surface area contributed by atoms with E-state index in [0.717, 1.165) is 30.8 Å². The Morgan fingerprint density at radius 1 is 0.962 bits per heavy atom. The largest absolute Gasteiger partial charge is 0.465 e. The smallest absolute Gasteiger partial charge is 0.337 e. The third-order valence-electron chi connectivity index (χ3n) is 4.20. The fourth-order valence-electron chi connectivity index (χ4n) is 2.72. The zero-order valence-electron chi connectivity index (χ0n) is 15.6. The summed E-state index contributed by atoms with van der Waals surface area (Å²) in [4.78, 5) is 26.0. The molecule has 0 spiro atoms. The molecule has 1 amide bonds. The minimum atomic E-state index is -0.370. The summed E-state index contributed by atoms with van der Waals surface area (Å²) in [5.41, 5.74) is 3.17. The van der Waals surface area contributed by atoms with Crippen molar-refractivity contribution in [3.05, 3.63) is 65.2 Å². The molecule has 0 heterocycles. The van der Waals surface area contributed by atoms with E-state index in [1.165, 1.54) is 7.11 Å². The van der Waals surface area contributed by atoms with Crippen molar-refractivity contribution in [2.24, 2.45) is 0 Å². The maximum absolute atomic E-state index is 12.3. The molecule has 5 heteroatoms. The van der Waals surface area contributed by atoms with Crippen LogP contribution >= 0.6 is 0 Å². The molecule has 0 radical (unpaired) electrons. The number of benzene rings is 2. The van der Waals surface area contributed by atoms with E-state index in [9.17, 15) is 9.59 Å². The van der Waals surface area contributed by atoms with E-state index in [2.05, 4.69) is 28.8 Å². The molecule has 0 bridgehead atoms. The summed E-state index contributed by atoms with van der Waals surface area (Å²) in [6.07, 6.45) is 1.09. The maximum Gasteiger partial charge on any atom is 0.337 e. The Labute approximate surface area is 155 Å². The second-order valence-electron chi connectivity index (χ2n) is 6.00. The Hall–Kier alpha value is -2.82. The van der Waals surface area contributed by atoms with E-state index >= 15 is 0 Å².